The minimum atomic E-state index is -0.505. The van der Waals surface area contributed by atoms with Gasteiger partial charge >= 0.3 is 5.97 Å². The van der Waals surface area contributed by atoms with E-state index < -0.39 is 10.3 Å². The van der Waals surface area contributed by atoms with E-state index in [1.54, 1.807) is 22.9 Å². The van der Waals surface area contributed by atoms with Crippen LogP contribution < -0.4 is 0 Å². The molecule has 0 radical (unpaired) electrons. The number of rotatable bonds is 10. The van der Waals surface area contributed by atoms with E-state index in [0.29, 0.717) is 12.4 Å². The molecule has 1 aliphatic rings. The van der Waals surface area contributed by atoms with E-state index in [1.165, 1.54) is 22.9 Å². The fourth-order valence-corrected chi connectivity index (χ4v) is 4.28. The van der Waals surface area contributed by atoms with Crippen LogP contribution in [0.3, 0.4) is 0 Å². The molecule has 2 rings (SSSR count). The summed E-state index contributed by atoms with van der Waals surface area (Å²) in [7, 11) is 3.07. The fourth-order valence-electron chi connectivity index (χ4n) is 2.46. The minimum Gasteiger partial charge on any atom is -0.464 e. The molecule has 27 heavy (non-hydrogen) atoms. The SMILES string of the molecule is CC(C)(CCN1CCOCC1)C(=O)OCCSSc1ccc([N+](=O)[O-])cc1. The molecule has 9 heteroatoms. The molecule has 1 aliphatic heterocycles. The van der Waals surface area contributed by atoms with E-state index >= 15 is 0 Å². The Morgan fingerprint density at radius 1 is 1.30 bits per heavy atom. The summed E-state index contributed by atoms with van der Waals surface area (Å²) in [6.07, 6.45) is 0.760. The van der Waals surface area contributed by atoms with E-state index in [1.807, 2.05) is 13.8 Å². The molecule has 1 fully saturated rings. The first-order valence-electron chi connectivity index (χ1n) is 8.90. The largest absolute Gasteiger partial charge is 0.464 e. The Labute approximate surface area is 167 Å². The third-order valence-electron chi connectivity index (χ3n) is 4.31. The van der Waals surface area contributed by atoms with Gasteiger partial charge in [-0.05, 0) is 38.9 Å². The number of morpholine rings is 1. The number of non-ortho nitro benzene ring substituents is 1. The predicted octanol–water partition coefficient (Wildman–Crippen LogP) is 3.63. The number of hydrogen-bond donors (Lipinski definition) is 0. The summed E-state index contributed by atoms with van der Waals surface area (Å²) in [5.41, 5.74) is -0.424. The van der Waals surface area contributed by atoms with Crippen molar-refractivity contribution in [3.8, 4) is 0 Å². The van der Waals surface area contributed by atoms with E-state index in [9.17, 15) is 14.9 Å². The number of benzene rings is 1. The molecule has 0 aromatic heterocycles. The van der Waals surface area contributed by atoms with Crippen molar-refractivity contribution >= 4 is 33.2 Å². The molecule has 0 spiro atoms. The Balaban J connectivity index is 1.61. The molecule has 0 atom stereocenters. The van der Waals surface area contributed by atoms with Crippen molar-refractivity contribution < 1.29 is 19.2 Å². The van der Waals surface area contributed by atoms with Gasteiger partial charge in [-0.2, -0.15) is 0 Å². The van der Waals surface area contributed by atoms with Gasteiger partial charge in [0.1, 0.15) is 6.61 Å². The highest BCUT2D eigenvalue weighted by Gasteiger charge is 2.30. The molecular formula is C18H26N2O5S2. The molecule has 1 aromatic rings. The van der Waals surface area contributed by atoms with Gasteiger partial charge < -0.3 is 9.47 Å². The van der Waals surface area contributed by atoms with Crippen LogP contribution in [0.15, 0.2) is 29.2 Å². The summed E-state index contributed by atoms with van der Waals surface area (Å²) < 4.78 is 10.8. The van der Waals surface area contributed by atoms with Crippen LogP contribution in [0.25, 0.3) is 0 Å². The first-order chi connectivity index (χ1) is 12.9. The number of esters is 1. The highest BCUT2D eigenvalue weighted by Crippen LogP contribution is 2.32. The van der Waals surface area contributed by atoms with Gasteiger partial charge in [-0.1, -0.05) is 21.6 Å². The van der Waals surface area contributed by atoms with Crippen molar-refractivity contribution in [1.82, 2.24) is 4.90 Å². The minimum absolute atomic E-state index is 0.0811. The first kappa shape index (κ1) is 22.0. The van der Waals surface area contributed by atoms with Gasteiger partial charge in [0.15, 0.2) is 0 Å². The van der Waals surface area contributed by atoms with Gasteiger partial charge in [-0.3, -0.25) is 19.8 Å². The number of ether oxygens (including phenoxy) is 2. The third kappa shape index (κ3) is 7.69. The van der Waals surface area contributed by atoms with E-state index in [4.69, 9.17) is 9.47 Å². The molecule has 0 saturated carbocycles. The Bertz CT molecular complexity index is 619. The lowest BCUT2D eigenvalue weighted by atomic mass is 9.89. The van der Waals surface area contributed by atoms with Crippen LogP contribution in [0.2, 0.25) is 0 Å². The van der Waals surface area contributed by atoms with Crippen molar-refractivity contribution in [2.24, 2.45) is 5.41 Å². The highest BCUT2D eigenvalue weighted by molar-refractivity contribution is 8.76. The van der Waals surface area contributed by atoms with Crippen LogP contribution in [-0.2, 0) is 14.3 Å². The van der Waals surface area contributed by atoms with Gasteiger partial charge in [-0.25, -0.2) is 0 Å². The Morgan fingerprint density at radius 2 is 1.96 bits per heavy atom. The molecule has 0 unspecified atom stereocenters. The molecule has 150 valence electrons. The second-order valence-corrected chi connectivity index (χ2v) is 9.37. The average molecular weight is 415 g/mol. The Morgan fingerprint density at radius 3 is 2.59 bits per heavy atom. The number of carbonyl (C=O) groups is 1. The van der Waals surface area contributed by atoms with E-state index in [-0.39, 0.29) is 11.7 Å². The van der Waals surface area contributed by atoms with Crippen LogP contribution >= 0.6 is 21.6 Å². The van der Waals surface area contributed by atoms with Gasteiger partial charge in [0, 0.05) is 35.9 Å². The van der Waals surface area contributed by atoms with Gasteiger partial charge in [0.2, 0.25) is 0 Å². The normalized spacial score (nSPS) is 15.5. The second kappa shape index (κ2) is 10.9. The van der Waals surface area contributed by atoms with E-state index in [0.717, 1.165) is 44.2 Å². The highest BCUT2D eigenvalue weighted by atomic mass is 33.1. The molecule has 1 heterocycles. The van der Waals surface area contributed by atoms with Gasteiger partial charge in [-0.15, -0.1) is 0 Å². The summed E-state index contributed by atoms with van der Waals surface area (Å²) in [5, 5.41) is 10.6. The smallest absolute Gasteiger partial charge is 0.311 e. The number of nitrogens with zero attached hydrogens (tertiary/aromatic N) is 2. The third-order valence-corrected chi connectivity index (χ3v) is 6.66. The summed E-state index contributed by atoms with van der Waals surface area (Å²) in [4.78, 5) is 25.8. The second-order valence-electron chi connectivity index (χ2n) is 6.88. The van der Waals surface area contributed by atoms with Crippen LogP contribution in [0, 0.1) is 15.5 Å². The number of nitro groups is 1. The lowest BCUT2D eigenvalue weighted by Gasteiger charge is -2.30. The molecular weight excluding hydrogens is 388 g/mol. The maximum absolute atomic E-state index is 12.3. The molecule has 1 aromatic carbocycles. The summed E-state index contributed by atoms with van der Waals surface area (Å²) in [6, 6.07) is 6.41. The molecule has 1 saturated heterocycles. The Kier molecular flexibility index (Phi) is 8.88. The first-order valence-corrected chi connectivity index (χ1v) is 11.2. The van der Waals surface area contributed by atoms with Crippen LogP contribution in [0.4, 0.5) is 5.69 Å². The Hall–Kier alpha value is -1.29. The summed E-state index contributed by atoms with van der Waals surface area (Å²) >= 11 is 0. The van der Waals surface area contributed by atoms with Crippen LogP contribution in [0.5, 0.6) is 0 Å². The monoisotopic (exact) mass is 414 g/mol. The summed E-state index contributed by atoms with van der Waals surface area (Å²) in [5.74, 6) is 0.490. The van der Waals surface area contributed by atoms with Crippen molar-refractivity contribution in [1.29, 1.82) is 0 Å². The van der Waals surface area contributed by atoms with Gasteiger partial charge in [0.25, 0.3) is 5.69 Å². The molecule has 7 nitrogen and oxygen atoms in total. The molecule has 0 N–H and O–H groups in total. The molecule has 0 bridgehead atoms. The zero-order valence-electron chi connectivity index (χ0n) is 15.7. The zero-order valence-corrected chi connectivity index (χ0v) is 17.4. The van der Waals surface area contributed by atoms with Crippen molar-refractivity contribution in [3.63, 3.8) is 0 Å². The molecule has 0 aliphatic carbocycles. The average Bonchev–Trinajstić information content (AvgIpc) is 2.67. The standard InChI is InChI=1S/C18H26N2O5S2/c1-18(2,7-8-19-9-11-24-12-10-19)17(21)25-13-14-26-27-16-5-3-15(4-6-16)20(22)23/h3-6H,7-14H2,1-2H3. The zero-order chi connectivity index (χ0) is 19.7. The lowest BCUT2D eigenvalue weighted by molar-refractivity contribution is -0.384. The summed E-state index contributed by atoms with van der Waals surface area (Å²) in [6.45, 7) is 8.43. The lowest BCUT2D eigenvalue weighted by Crippen LogP contribution is -2.39. The number of nitro benzene ring substituents is 1. The van der Waals surface area contributed by atoms with Crippen molar-refractivity contribution in [2.45, 2.75) is 25.2 Å². The maximum atomic E-state index is 12.3. The van der Waals surface area contributed by atoms with Crippen LogP contribution in [-0.4, -0.2) is 61.0 Å². The van der Waals surface area contributed by atoms with Crippen LogP contribution in [0.1, 0.15) is 20.3 Å². The van der Waals surface area contributed by atoms with Crippen molar-refractivity contribution in [3.05, 3.63) is 34.4 Å². The van der Waals surface area contributed by atoms with E-state index in [2.05, 4.69) is 4.90 Å². The quantitative estimate of drug-likeness (QED) is 0.189. The number of carbonyl (C=O) groups excluding carboxylic acids is 1. The van der Waals surface area contributed by atoms with Gasteiger partial charge in [0.05, 0.1) is 23.6 Å². The fraction of sp³-hybridized carbons (Fsp3) is 0.611. The number of hydrogen-bond acceptors (Lipinski definition) is 8. The van der Waals surface area contributed by atoms with Crippen molar-refractivity contribution in [2.75, 3.05) is 45.2 Å². The topological polar surface area (TPSA) is 81.9 Å². The maximum Gasteiger partial charge on any atom is 0.311 e. The molecule has 0 amide bonds. The predicted molar refractivity (Wildman–Crippen MR) is 108 cm³/mol.